The molecule has 1 aliphatic carbocycles. The molecule has 2 aliphatic rings. The first-order valence-corrected chi connectivity index (χ1v) is 12.4. The van der Waals surface area contributed by atoms with Gasteiger partial charge in [-0.05, 0) is 62.1 Å². The van der Waals surface area contributed by atoms with E-state index in [4.69, 9.17) is 10.5 Å². The van der Waals surface area contributed by atoms with Crippen LogP contribution in [0.1, 0.15) is 36.8 Å². The zero-order valence-electron chi connectivity index (χ0n) is 20.6. The Labute approximate surface area is 216 Å². The van der Waals surface area contributed by atoms with Gasteiger partial charge in [-0.3, -0.25) is 4.79 Å². The van der Waals surface area contributed by atoms with Gasteiger partial charge < -0.3 is 25.6 Å². The quantitative estimate of drug-likeness (QED) is 0.377. The normalized spacial score (nSPS) is 20.9. The van der Waals surface area contributed by atoms with E-state index in [-0.39, 0.29) is 30.3 Å². The molecule has 0 aromatic heterocycles. The van der Waals surface area contributed by atoms with E-state index in [1.165, 1.54) is 18.2 Å². The van der Waals surface area contributed by atoms with Crippen molar-refractivity contribution in [3.63, 3.8) is 0 Å². The van der Waals surface area contributed by atoms with Crippen molar-refractivity contribution in [1.82, 2.24) is 4.90 Å². The predicted octanol–water partition coefficient (Wildman–Crippen LogP) is 5.39. The number of halogens is 6. The van der Waals surface area contributed by atoms with Gasteiger partial charge in [0, 0.05) is 49.3 Å². The standard InChI is InChI=1S/C26H30F6N4O2/c27-25(28,29)17-2-1-3-20(14-17)35-10-12-36(13-11-35)24(37)16-38-21-7-4-18(5-8-21)34-19-6-9-23(33)22(15-19)26(30,31)32/h1-3,6,9,14-15,18,21,34H,4-5,7-8,10-13,16,33H2. The maximum Gasteiger partial charge on any atom is 0.418 e. The number of ether oxygens (including phenoxy) is 1. The molecule has 1 saturated heterocycles. The topological polar surface area (TPSA) is 70.8 Å². The number of nitrogens with zero attached hydrogens (tertiary/aromatic N) is 2. The number of hydrogen-bond acceptors (Lipinski definition) is 5. The number of anilines is 3. The van der Waals surface area contributed by atoms with Crippen LogP contribution in [0.5, 0.6) is 0 Å². The van der Waals surface area contributed by atoms with Crippen LogP contribution in [0.15, 0.2) is 42.5 Å². The lowest BCUT2D eigenvalue weighted by Gasteiger charge is -2.36. The molecule has 12 heteroatoms. The monoisotopic (exact) mass is 544 g/mol. The first-order chi connectivity index (χ1) is 17.9. The molecule has 1 heterocycles. The van der Waals surface area contributed by atoms with Crippen LogP contribution >= 0.6 is 0 Å². The fourth-order valence-electron chi connectivity index (χ4n) is 4.87. The van der Waals surface area contributed by atoms with Crippen molar-refractivity contribution in [3.05, 3.63) is 53.6 Å². The fraction of sp³-hybridized carbons (Fsp3) is 0.500. The predicted molar refractivity (Wildman–Crippen MR) is 132 cm³/mol. The summed E-state index contributed by atoms with van der Waals surface area (Å²) in [4.78, 5) is 16.1. The number of benzene rings is 2. The van der Waals surface area contributed by atoms with E-state index in [1.54, 1.807) is 11.0 Å². The molecular weight excluding hydrogens is 514 g/mol. The number of rotatable bonds is 6. The Morgan fingerprint density at radius 3 is 2.24 bits per heavy atom. The zero-order valence-corrected chi connectivity index (χ0v) is 20.6. The minimum Gasteiger partial charge on any atom is -0.398 e. The lowest BCUT2D eigenvalue weighted by molar-refractivity contribution is -0.139. The number of amides is 1. The van der Waals surface area contributed by atoms with E-state index in [2.05, 4.69) is 5.32 Å². The highest BCUT2D eigenvalue weighted by Gasteiger charge is 2.34. The first kappa shape index (κ1) is 27.9. The van der Waals surface area contributed by atoms with Crippen LogP contribution in [0.3, 0.4) is 0 Å². The average Bonchev–Trinajstić information content (AvgIpc) is 2.88. The van der Waals surface area contributed by atoms with Gasteiger partial charge in [-0.25, -0.2) is 0 Å². The van der Waals surface area contributed by atoms with Crippen molar-refractivity contribution in [2.24, 2.45) is 0 Å². The maximum atomic E-state index is 13.1. The molecule has 208 valence electrons. The van der Waals surface area contributed by atoms with Gasteiger partial charge in [-0.2, -0.15) is 26.3 Å². The number of nitrogen functional groups attached to an aromatic ring is 1. The highest BCUT2D eigenvalue weighted by atomic mass is 19.4. The summed E-state index contributed by atoms with van der Waals surface area (Å²) in [6.45, 7) is 1.53. The zero-order chi connectivity index (χ0) is 27.5. The van der Waals surface area contributed by atoms with Gasteiger partial charge in [0.2, 0.25) is 5.91 Å². The molecule has 4 rings (SSSR count). The number of carbonyl (C=O) groups excluding carboxylic acids is 1. The Hall–Kier alpha value is -3.15. The molecule has 2 aromatic rings. The van der Waals surface area contributed by atoms with E-state index >= 15 is 0 Å². The molecule has 0 spiro atoms. The van der Waals surface area contributed by atoms with Crippen LogP contribution in [-0.4, -0.2) is 55.7 Å². The minimum absolute atomic E-state index is 0.0146. The highest BCUT2D eigenvalue weighted by molar-refractivity contribution is 5.77. The number of carbonyl (C=O) groups is 1. The van der Waals surface area contributed by atoms with Gasteiger partial charge in [0.1, 0.15) is 6.61 Å². The van der Waals surface area contributed by atoms with E-state index in [1.807, 2.05) is 4.90 Å². The molecule has 38 heavy (non-hydrogen) atoms. The molecule has 3 N–H and O–H groups in total. The van der Waals surface area contributed by atoms with Gasteiger partial charge in [0.05, 0.1) is 17.2 Å². The second kappa shape index (κ2) is 11.3. The molecule has 0 unspecified atom stereocenters. The maximum absolute atomic E-state index is 13.1. The minimum atomic E-state index is -4.52. The van der Waals surface area contributed by atoms with Gasteiger partial charge in [0.15, 0.2) is 0 Å². The molecule has 2 fully saturated rings. The summed E-state index contributed by atoms with van der Waals surface area (Å²) in [5.74, 6) is -0.171. The van der Waals surface area contributed by atoms with Gasteiger partial charge in [-0.15, -0.1) is 0 Å². The number of nitrogens with two attached hydrogens (primary N) is 1. The van der Waals surface area contributed by atoms with Crippen molar-refractivity contribution >= 4 is 23.0 Å². The summed E-state index contributed by atoms with van der Waals surface area (Å²) in [7, 11) is 0. The van der Waals surface area contributed by atoms with E-state index in [0.29, 0.717) is 63.2 Å². The Kier molecular flexibility index (Phi) is 8.29. The van der Waals surface area contributed by atoms with E-state index in [0.717, 1.165) is 18.2 Å². The van der Waals surface area contributed by atoms with Crippen molar-refractivity contribution in [1.29, 1.82) is 0 Å². The van der Waals surface area contributed by atoms with Crippen LogP contribution in [0.4, 0.5) is 43.4 Å². The van der Waals surface area contributed by atoms with Gasteiger partial charge >= 0.3 is 12.4 Å². The largest absolute Gasteiger partial charge is 0.418 e. The third-order valence-electron chi connectivity index (χ3n) is 7.02. The van der Waals surface area contributed by atoms with Gasteiger partial charge in [0.25, 0.3) is 0 Å². The third-order valence-corrected chi connectivity index (χ3v) is 7.02. The Balaban J connectivity index is 1.19. The molecule has 1 amide bonds. The van der Waals surface area contributed by atoms with Crippen LogP contribution in [0, 0.1) is 0 Å². The lowest BCUT2D eigenvalue weighted by Crippen LogP contribution is -2.50. The van der Waals surface area contributed by atoms with Crippen molar-refractivity contribution < 1.29 is 35.9 Å². The Bertz CT molecular complexity index is 1110. The van der Waals surface area contributed by atoms with Crippen LogP contribution in [0.25, 0.3) is 0 Å². The van der Waals surface area contributed by atoms with Crippen LogP contribution in [0.2, 0.25) is 0 Å². The van der Waals surface area contributed by atoms with Crippen molar-refractivity contribution in [3.8, 4) is 0 Å². The fourth-order valence-corrected chi connectivity index (χ4v) is 4.87. The van der Waals surface area contributed by atoms with Crippen molar-refractivity contribution in [2.45, 2.75) is 50.2 Å². The van der Waals surface area contributed by atoms with E-state index in [9.17, 15) is 31.1 Å². The Morgan fingerprint density at radius 2 is 1.61 bits per heavy atom. The molecule has 1 saturated carbocycles. The molecule has 0 radical (unpaired) electrons. The molecule has 0 atom stereocenters. The molecule has 2 aromatic carbocycles. The molecule has 6 nitrogen and oxygen atoms in total. The number of piperazine rings is 1. The first-order valence-electron chi connectivity index (χ1n) is 12.4. The molecule has 1 aliphatic heterocycles. The number of hydrogen-bond donors (Lipinski definition) is 2. The smallest absolute Gasteiger partial charge is 0.398 e. The van der Waals surface area contributed by atoms with E-state index < -0.39 is 23.5 Å². The number of nitrogens with one attached hydrogen (secondary N) is 1. The van der Waals surface area contributed by atoms with Crippen LogP contribution in [-0.2, 0) is 21.9 Å². The summed E-state index contributed by atoms with van der Waals surface area (Å²) in [6, 6.07) is 8.93. The van der Waals surface area contributed by atoms with Gasteiger partial charge in [-0.1, -0.05) is 6.07 Å². The second-order valence-electron chi connectivity index (χ2n) is 9.64. The van der Waals surface area contributed by atoms with Crippen LogP contribution < -0.4 is 16.0 Å². The second-order valence-corrected chi connectivity index (χ2v) is 9.64. The average molecular weight is 545 g/mol. The number of alkyl halides is 6. The summed E-state index contributed by atoms with van der Waals surface area (Å²) in [5.41, 5.74) is 4.40. The molecular formula is C26H30F6N4O2. The van der Waals surface area contributed by atoms with Crippen molar-refractivity contribution in [2.75, 3.05) is 48.7 Å². The molecule has 0 bridgehead atoms. The summed E-state index contributed by atoms with van der Waals surface area (Å²) >= 11 is 0. The third kappa shape index (κ3) is 7.03. The highest BCUT2D eigenvalue weighted by Crippen LogP contribution is 2.36. The SMILES string of the molecule is Nc1ccc(NC2CCC(OCC(=O)N3CCN(c4cccc(C(F)(F)F)c4)CC3)CC2)cc1C(F)(F)F. The lowest BCUT2D eigenvalue weighted by atomic mass is 9.92. The Morgan fingerprint density at radius 1 is 0.921 bits per heavy atom. The summed E-state index contributed by atoms with van der Waals surface area (Å²) in [5, 5.41) is 3.13. The summed E-state index contributed by atoms with van der Waals surface area (Å²) in [6.07, 6.45) is -6.37. The summed E-state index contributed by atoms with van der Waals surface area (Å²) < 4.78 is 84.1.